The Labute approximate surface area is 132 Å². The zero-order chi connectivity index (χ0) is 15.7. The van der Waals surface area contributed by atoms with Crippen molar-refractivity contribution in [3.05, 3.63) is 0 Å². The Balaban J connectivity index is 1.72. The molecule has 0 heterocycles. The second-order valence-corrected chi connectivity index (χ2v) is 9.00. The highest BCUT2D eigenvalue weighted by atomic mass is 16.3. The van der Waals surface area contributed by atoms with Crippen molar-refractivity contribution in [2.24, 2.45) is 34.5 Å². The van der Waals surface area contributed by atoms with Gasteiger partial charge in [0.2, 0.25) is 0 Å². The van der Waals surface area contributed by atoms with E-state index in [1.807, 2.05) is 0 Å². The zero-order valence-electron chi connectivity index (χ0n) is 13.8. The van der Waals surface area contributed by atoms with Crippen LogP contribution < -0.4 is 0 Å². The molecule has 0 aliphatic heterocycles. The van der Waals surface area contributed by atoms with Crippen LogP contribution in [0.3, 0.4) is 0 Å². The van der Waals surface area contributed by atoms with Gasteiger partial charge in [0.15, 0.2) is 0 Å². The largest absolute Gasteiger partial charge is 0.393 e. The first-order valence-corrected chi connectivity index (χ1v) is 9.09. The molecule has 4 saturated carbocycles. The monoisotopic (exact) mass is 304 g/mol. The maximum absolute atomic E-state index is 12.9. The van der Waals surface area contributed by atoms with Crippen LogP contribution in [0.4, 0.5) is 0 Å². The lowest BCUT2D eigenvalue weighted by Crippen LogP contribution is -2.57. The van der Waals surface area contributed by atoms with Gasteiger partial charge in [-0.2, -0.15) is 0 Å². The van der Waals surface area contributed by atoms with Crippen molar-refractivity contribution in [2.75, 3.05) is 0 Å². The smallest absolute Gasteiger partial charge is 0.136 e. The number of aliphatic hydroxyl groups is 1. The van der Waals surface area contributed by atoms with Crippen molar-refractivity contribution in [2.45, 2.75) is 71.3 Å². The number of Topliss-reactive ketones (excluding diaryl/α,β-unsaturated/α-hetero) is 2. The highest BCUT2D eigenvalue weighted by Gasteiger charge is 2.62. The summed E-state index contributed by atoms with van der Waals surface area (Å²) in [6.07, 6.45) is 6.55. The molecule has 0 aromatic heterocycles. The summed E-state index contributed by atoms with van der Waals surface area (Å²) in [6.45, 7) is 4.48. The number of fused-ring (bicyclic) bond motifs is 5. The SMILES string of the molecule is C[C@]12CC(=O)CC[C@@H]1CC(=O)[C@H]1[C@H]2CC[C@@]2(C)[C@@H]1CC[C@@H]2O. The van der Waals surface area contributed by atoms with Crippen LogP contribution in [0.5, 0.6) is 0 Å². The van der Waals surface area contributed by atoms with Gasteiger partial charge in [-0.1, -0.05) is 13.8 Å². The Bertz CT molecular complexity index is 527. The third kappa shape index (κ3) is 1.78. The van der Waals surface area contributed by atoms with Crippen molar-refractivity contribution >= 4 is 11.6 Å². The van der Waals surface area contributed by atoms with Crippen LogP contribution in [0.1, 0.15) is 65.2 Å². The van der Waals surface area contributed by atoms with E-state index in [0.29, 0.717) is 48.6 Å². The average molecular weight is 304 g/mol. The van der Waals surface area contributed by atoms with Gasteiger partial charge in [-0.25, -0.2) is 0 Å². The molecule has 0 aromatic rings. The lowest BCUT2D eigenvalue weighted by molar-refractivity contribution is -0.161. The van der Waals surface area contributed by atoms with Crippen molar-refractivity contribution in [3.63, 3.8) is 0 Å². The number of rotatable bonds is 0. The van der Waals surface area contributed by atoms with Crippen LogP contribution in [0.2, 0.25) is 0 Å². The molecule has 122 valence electrons. The van der Waals surface area contributed by atoms with Crippen molar-refractivity contribution < 1.29 is 14.7 Å². The average Bonchev–Trinajstić information content (AvgIpc) is 2.76. The molecule has 0 radical (unpaired) electrons. The molecule has 3 heteroatoms. The van der Waals surface area contributed by atoms with Gasteiger partial charge in [0, 0.05) is 25.2 Å². The molecule has 1 N–H and O–H groups in total. The zero-order valence-corrected chi connectivity index (χ0v) is 13.8. The number of ketones is 2. The number of carbonyl (C=O) groups excluding carboxylic acids is 2. The van der Waals surface area contributed by atoms with Crippen LogP contribution in [-0.4, -0.2) is 22.8 Å². The molecule has 0 spiro atoms. The molecule has 0 unspecified atom stereocenters. The normalized spacial score (nSPS) is 54.6. The Morgan fingerprint density at radius 2 is 1.73 bits per heavy atom. The molecule has 4 rings (SSSR count). The summed E-state index contributed by atoms with van der Waals surface area (Å²) in [5.41, 5.74) is -0.0402. The van der Waals surface area contributed by atoms with E-state index in [1.165, 1.54) is 0 Å². The first-order chi connectivity index (χ1) is 10.4. The van der Waals surface area contributed by atoms with Crippen molar-refractivity contribution in [1.29, 1.82) is 0 Å². The minimum Gasteiger partial charge on any atom is -0.393 e. The van der Waals surface area contributed by atoms with E-state index >= 15 is 0 Å². The molecule has 0 aromatic carbocycles. The van der Waals surface area contributed by atoms with E-state index in [2.05, 4.69) is 13.8 Å². The van der Waals surface area contributed by atoms with Crippen LogP contribution in [-0.2, 0) is 9.59 Å². The molecular formula is C19H28O3. The topological polar surface area (TPSA) is 54.4 Å². The number of carbonyl (C=O) groups is 2. The first-order valence-electron chi connectivity index (χ1n) is 9.09. The Kier molecular flexibility index (Phi) is 3.15. The molecular weight excluding hydrogens is 276 g/mol. The molecule has 3 nitrogen and oxygen atoms in total. The Hall–Kier alpha value is -0.700. The van der Waals surface area contributed by atoms with Gasteiger partial charge in [0.1, 0.15) is 11.6 Å². The summed E-state index contributed by atoms with van der Waals surface area (Å²) in [5.74, 6) is 2.05. The van der Waals surface area contributed by atoms with E-state index in [-0.39, 0.29) is 22.9 Å². The Morgan fingerprint density at radius 1 is 1.00 bits per heavy atom. The quantitative estimate of drug-likeness (QED) is 0.748. The van der Waals surface area contributed by atoms with E-state index in [1.54, 1.807) is 0 Å². The van der Waals surface area contributed by atoms with Crippen LogP contribution in [0.25, 0.3) is 0 Å². The molecule has 4 aliphatic rings. The van der Waals surface area contributed by atoms with E-state index in [4.69, 9.17) is 0 Å². The third-order valence-electron chi connectivity index (χ3n) is 8.17. The summed E-state index contributed by atoms with van der Waals surface area (Å²) in [5, 5.41) is 10.4. The highest BCUT2D eigenvalue weighted by Crippen LogP contribution is 2.64. The van der Waals surface area contributed by atoms with Crippen LogP contribution in [0.15, 0.2) is 0 Å². The predicted molar refractivity (Wildman–Crippen MR) is 83.1 cm³/mol. The molecule has 22 heavy (non-hydrogen) atoms. The predicted octanol–water partition coefficient (Wildman–Crippen LogP) is 3.14. The molecule has 0 saturated heterocycles. The fourth-order valence-electron chi connectivity index (χ4n) is 6.77. The van der Waals surface area contributed by atoms with E-state index in [9.17, 15) is 14.7 Å². The fourth-order valence-corrected chi connectivity index (χ4v) is 6.77. The lowest BCUT2D eigenvalue weighted by atomic mass is 9.45. The summed E-state index contributed by atoms with van der Waals surface area (Å²) in [6, 6.07) is 0. The number of hydrogen-bond donors (Lipinski definition) is 1. The number of aliphatic hydroxyl groups excluding tert-OH is 1. The summed E-state index contributed by atoms with van der Waals surface area (Å²) < 4.78 is 0. The van der Waals surface area contributed by atoms with Gasteiger partial charge in [0.25, 0.3) is 0 Å². The minimum atomic E-state index is -0.246. The van der Waals surface area contributed by atoms with Gasteiger partial charge in [-0.15, -0.1) is 0 Å². The Morgan fingerprint density at radius 3 is 2.50 bits per heavy atom. The van der Waals surface area contributed by atoms with Crippen molar-refractivity contribution in [1.82, 2.24) is 0 Å². The van der Waals surface area contributed by atoms with E-state index in [0.717, 1.165) is 32.1 Å². The molecule has 4 aliphatic carbocycles. The van der Waals surface area contributed by atoms with Crippen LogP contribution >= 0.6 is 0 Å². The summed E-state index contributed by atoms with van der Waals surface area (Å²) >= 11 is 0. The molecule has 0 amide bonds. The fraction of sp³-hybridized carbons (Fsp3) is 0.895. The summed E-state index contributed by atoms with van der Waals surface area (Å²) in [7, 11) is 0. The van der Waals surface area contributed by atoms with Gasteiger partial charge < -0.3 is 5.11 Å². The van der Waals surface area contributed by atoms with Crippen LogP contribution in [0, 0.1) is 34.5 Å². The molecule has 0 bridgehead atoms. The molecule has 7 atom stereocenters. The van der Waals surface area contributed by atoms with Gasteiger partial charge in [-0.05, 0) is 60.7 Å². The molecule has 4 fully saturated rings. The lowest BCUT2D eigenvalue weighted by Gasteiger charge is -2.58. The van der Waals surface area contributed by atoms with Gasteiger partial charge in [-0.3, -0.25) is 9.59 Å². The van der Waals surface area contributed by atoms with Gasteiger partial charge >= 0.3 is 0 Å². The third-order valence-corrected chi connectivity index (χ3v) is 8.17. The second-order valence-electron chi connectivity index (χ2n) is 9.00. The minimum absolute atomic E-state index is 0.0305. The number of hydrogen-bond acceptors (Lipinski definition) is 3. The first kappa shape index (κ1) is 14.9. The standard InChI is InChI=1S/C19H28O3/c1-18-8-7-14-17(13(18)5-6-16(18)22)15(21)9-11-3-4-12(20)10-19(11,14)2/h11,13-14,16-17,22H,3-10H2,1-2H3/t11-,13-,14-,16+,17-,18+,19+/m1/s1. The van der Waals surface area contributed by atoms with Gasteiger partial charge in [0.05, 0.1) is 6.10 Å². The van der Waals surface area contributed by atoms with E-state index < -0.39 is 0 Å². The maximum atomic E-state index is 12.9. The summed E-state index contributed by atoms with van der Waals surface area (Å²) in [4.78, 5) is 25.0. The highest BCUT2D eigenvalue weighted by molar-refractivity contribution is 5.86. The maximum Gasteiger partial charge on any atom is 0.136 e. The second kappa shape index (κ2) is 4.66. The van der Waals surface area contributed by atoms with Crippen molar-refractivity contribution in [3.8, 4) is 0 Å².